The van der Waals surface area contributed by atoms with Crippen LogP contribution in [0.15, 0.2) is 48.7 Å². The highest BCUT2D eigenvalue weighted by molar-refractivity contribution is 5.87. The van der Waals surface area contributed by atoms with E-state index in [9.17, 15) is 4.79 Å². The van der Waals surface area contributed by atoms with Crippen molar-refractivity contribution in [2.24, 2.45) is 0 Å². The van der Waals surface area contributed by atoms with Crippen LogP contribution in [0.4, 0.5) is 10.5 Å². The lowest BCUT2D eigenvalue weighted by Crippen LogP contribution is -2.27. The Labute approximate surface area is 153 Å². The molecule has 2 aromatic carbocycles. The van der Waals surface area contributed by atoms with Gasteiger partial charge in [-0.05, 0) is 56.2 Å². The highest BCUT2D eigenvalue weighted by Gasteiger charge is 2.17. The molecule has 5 nitrogen and oxygen atoms in total. The lowest BCUT2D eigenvalue weighted by molar-refractivity contribution is 0.0636. The fourth-order valence-electron chi connectivity index (χ4n) is 2.85. The highest BCUT2D eigenvalue weighted by Crippen LogP contribution is 2.27. The Kier molecular flexibility index (Phi) is 4.89. The fraction of sp³-hybridized carbons (Fsp3) is 0.286. The first kappa shape index (κ1) is 17.9. The van der Waals surface area contributed by atoms with Crippen LogP contribution in [0.1, 0.15) is 31.9 Å². The Balaban J connectivity index is 1.86. The first-order valence-corrected chi connectivity index (χ1v) is 8.57. The second kappa shape index (κ2) is 7.12. The number of nitrogens with one attached hydrogen (secondary N) is 2. The molecule has 0 aliphatic rings. The maximum absolute atomic E-state index is 12.1. The van der Waals surface area contributed by atoms with Gasteiger partial charge < -0.3 is 14.5 Å². The minimum Gasteiger partial charge on any atom is -0.497 e. The number of H-pyrrole nitrogens is 1. The number of carbonyl (C=O) groups excluding carboxylic acids is 1. The van der Waals surface area contributed by atoms with E-state index < -0.39 is 11.7 Å². The van der Waals surface area contributed by atoms with Gasteiger partial charge >= 0.3 is 6.09 Å². The van der Waals surface area contributed by atoms with Crippen LogP contribution in [0.25, 0.3) is 10.9 Å². The summed E-state index contributed by atoms with van der Waals surface area (Å²) < 4.78 is 10.7. The number of anilines is 1. The summed E-state index contributed by atoms with van der Waals surface area (Å²) in [5, 5.41) is 3.96. The smallest absolute Gasteiger partial charge is 0.412 e. The molecule has 0 spiro atoms. The number of ether oxygens (including phenoxy) is 2. The van der Waals surface area contributed by atoms with E-state index in [1.165, 1.54) is 0 Å². The van der Waals surface area contributed by atoms with Gasteiger partial charge in [0.2, 0.25) is 0 Å². The Morgan fingerprint density at radius 3 is 2.62 bits per heavy atom. The van der Waals surface area contributed by atoms with Crippen LogP contribution >= 0.6 is 0 Å². The zero-order valence-electron chi connectivity index (χ0n) is 15.6. The molecule has 136 valence electrons. The summed E-state index contributed by atoms with van der Waals surface area (Å²) in [6, 6.07) is 13.7. The first-order valence-electron chi connectivity index (χ1n) is 8.57. The van der Waals surface area contributed by atoms with E-state index >= 15 is 0 Å². The molecule has 0 fully saturated rings. The molecule has 0 aliphatic carbocycles. The molecule has 0 atom stereocenters. The number of benzene rings is 2. The summed E-state index contributed by atoms with van der Waals surface area (Å²) in [5.74, 6) is 0.818. The highest BCUT2D eigenvalue weighted by atomic mass is 16.6. The molecule has 0 radical (unpaired) electrons. The van der Waals surface area contributed by atoms with E-state index in [0.717, 1.165) is 33.5 Å². The molecule has 1 amide bonds. The van der Waals surface area contributed by atoms with Crippen molar-refractivity contribution >= 4 is 22.7 Å². The molecule has 0 unspecified atom stereocenters. The summed E-state index contributed by atoms with van der Waals surface area (Å²) in [4.78, 5) is 15.4. The molecule has 0 saturated carbocycles. The van der Waals surface area contributed by atoms with Crippen molar-refractivity contribution in [3.05, 3.63) is 59.8 Å². The minimum atomic E-state index is -0.535. The normalized spacial score (nSPS) is 11.4. The van der Waals surface area contributed by atoms with Gasteiger partial charge in [0.05, 0.1) is 7.11 Å². The van der Waals surface area contributed by atoms with E-state index in [2.05, 4.69) is 10.3 Å². The number of fused-ring (bicyclic) bond motifs is 1. The van der Waals surface area contributed by atoms with Crippen molar-refractivity contribution in [2.45, 2.75) is 32.8 Å². The van der Waals surface area contributed by atoms with Crippen molar-refractivity contribution in [3.8, 4) is 5.75 Å². The molecule has 0 aliphatic heterocycles. The van der Waals surface area contributed by atoms with Gasteiger partial charge in [-0.25, -0.2) is 4.79 Å². The molecular formula is C21H24N2O3. The van der Waals surface area contributed by atoms with Crippen LogP contribution in [0.2, 0.25) is 0 Å². The predicted molar refractivity (Wildman–Crippen MR) is 104 cm³/mol. The number of hydrogen-bond donors (Lipinski definition) is 2. The predicted octanol–water partition coefficient (Wildman–Crippen LogP) is 5.11. The van der Waals surface area contributed by atoms with Gasteiger partial charge in [0.1, 0.15) is 11.4 Å². The molecule has 0 bridgehead atoms. The Bertz CT molecular complexity index is 922. The SMILES string of the molecule is COc1ccc2[nH]cc(Cc3ccccc3NC(=O)OC(C)(C)C)c2c1. The second-order valence-electron chi connectivity index (χ2n) is 7.19. The monoisotopic (exact) mass is 352 g/mol. The van der Waals surface area contributed by atoms with E-state index in [-0.39, 0.29) is 0 Å². The van der Waals surface area contributed by atoms with Crippen molar-refractivity contribution < 1.29 is 14.3 Å². The first-order chi connectivity index (χ1) is 12.4. The van der Waals surface area contributed by atoms with Gasteiger partial charge in [0.15, 0.2) is 0 Å². The van der Waals surface area contributed by atoms with Crippen LogP contribution in [0.3, 0.4) is 0 Å². The number of aromatic nitrogens is 1. The minimum absolute atomic E-state index is 0.453. The van der Waals surface area contributed by atoms with Gasteiger partial charge in [-0.15, -0.1) is 0 Å². The topological polar surface area (TPSA) is 63.3 Å². The molecular weight excluding hydrogens is 328 g/mol. The lowest BCUT2D eigenvalue weighted by atomic mass is 10.0. The quantitative estimate of drug-likeness (QED) is 0.685. The molecule has 3 rings (SSSR count). The molecule has 0 saturated heterocycles. The molecule has 1 aromatic heterocycles. The Morgan fingerprint density at radius 1 is 1.12 bits per heavy atom. The van der Waals surface area contributed by atoms with E-state index in [4.69, 9.17) is 9.47 Å². The molecule has 3 aromatic rings. The van der Waals surface area contributed by atoms with Crippen LogP contribution in [0, 0.1) is 0 Å². The number of hydrogen-bond acceptors (Lipinski definition) is 3. The fourth-order valence-corrected chi connectivity index (χ4v) is 2.85. The van der Waals surface area contributed by atoms with Crippen molar-refractivity contribution in [1.29, 1.82) is 0 Å². The molecule has 26 heavy (non-hydrogen) atoms. The number of aromatic amines is 1. The molecule has 5 heteroatoms. The maximum Gasteiger partial charge on any atom is 0.412 e. The van der Waals surface area contributed by atoms with Crippen LogP contribution < -0.4 is 10.1 Å². The summed E-state index contributed by atoms with van der Waals surface area (Å²) in [5.41, 5.74) is 3.42. The van der Waals surface area contributed by atoms with Gasteiger partial charge in [-0.2, -0.15) is 0 Å². The largest absolute Gasteiger partial charge is 0.497 e. The zero-order valence-corrected chi connectivity index (χ0v) is 15.6. The number of methoxy groups -OCH3 is 1. The summed E-state index contributed by atoms with van der Waals surface area (Å²) in [6.45, 7) is 5.54. The van der Waals surface area contributed by atoms with Crippen molar-refractivity contribution in [3.63, 3.8) is 0 Å². The average Bonchev–Trinajstić information content (AvgIpc) is 2.97. The number of para-hydroxylation sites is 1. The van der Waals surface area contributed by atoms with E-state index in [1.807, 2.05) is 69.4 Å². The van der Waals surface area contributed by atoms with Gasteiger partial charge in [0.25, 0.3) is 0 Å². The number of amides is 1. The number of carbonyl (C=O) groups is 1. The van der Waals surface area contributed by atoms with Gasteiger partial charge in [-0.3, -0.25) is 5.32 Å². The van der Waals surface area contributed by atoms with Crippen LogP contribution in [-0.4, -0.2) is 23.8 Å². The van der Waals surface area contributed by atoms with E-state index in [0.29, 0.717) is 6.42 Å². The van der Waals surface area contributed by atoms with E-state index in [1.54, 1.807) is 7.11 Å². The zero-order chi connectivity index (χ0) is 18.7. The van der Waals surface area contributed by atoms with Crippen molar-refractivity contribution in [1.82, 2.24) is 4.98 Å². The third-order valence-corrected chi connectivity index (χ3v) is 4.01. The summed E-state index contributed by atoms with van der Waals surface area (Å²) in [7, 11) is 1.66. The van der Waals surface area contributed by atoms with Crippen LogP contribution in [-0.2, 0) is 11.2 Å². The Hall–Kier alpha value is -2.95. The van der Waals surface area contributed by atoms with Crippen LogP contribution in [0.5, 0.6) is 5.75 Å². The average molecular weight is 352 g/mol. The maximum atomic E-state index is 12.1. The Morgan fingerprint density at radius 2 is 1.88 bits per heavy atom. The summed E-state index contributed by atoms with van der Waals surface area (Å²) in [6.07, 6.45) is 2.22. The molecule has 2 N–H and O–H groups in total. The summed E-state index contributed by atoms with van der Waals surface area (Å²) >= 11 is 0. The molecule has 1 heterocycles. The van der Waals surface area contributed by atoms with Gasteiger partial charge in [0, 0.05) is 29.2 Å². The lowest BCUT2D eigenvalue weighted by Gasteiger charge is -2.20. The number of rotatable bonds is 4. The third-order valence-electron chi connectivity index (χ3n) is 4.01. The third kappa shape index (κ3) is 4.17. The second-order valence-corrected chi connectivity index (χ2v) is 7.19. The standard InChI is InChI=1S/C21H24N2O3/c1-21(2,3)26-20(24)23-18-8-6-5-7-14(18)11-15-13-22-19-10-9-16(25-4)12-17(15)19/h5-10,12-13,22H,11H2,1-4H3,(H,23,24). The van der Waals surface area contributed by atoms with Crippen molar-refractivity contribution in [2.75, 3.05) is 12.4 Å². The van der Waals surface area contributed by atoms with Gasteiger partial charge in [-0.1, -0.05) is 18.2 Å².